The summed E-state index contributed by atoms with van der Waals surface area (Å²) in [7, 11) is 0. The molecule has 1 fully saturated rings. The molecule has 0 heterocycles. The Morgan fingerprint density at radius 2 is 1.92 bits per heavy atom. The van der Waals surface area contributed by atoms with Crippen molar-refractivity contribution < 1.29 is 9.59 Å². The highest BCUT2D eigenvalue weighted by atomic mass is 16.1. The van der Waals surface area contributed by atoms with Gasteiger partial charge in [0.05, 0.1) is 0 Å². The quantitative estimate of drug-likeness (QED) is 0.645. The fraction of sp³-hybridized carbons (Fsp3) is 0.800. The third kappa shape index (κ3) is 2.16. The Kier molecular flexibility index (Phi) is 3.01. The zero-order valence-electron chi connectivity index (χ0n) is 7.80. The van der Waals surface area contributed by atoms with Gasteiger partial charge in [0.25, 0.3) is 0 Å². The van der Waals surface area contributed by atoms with Crippen LogP contribution < -0.4 is 0 Å². The maximum absolute atomic E-state index is 11.1. The van der Waals surface area contributed by atoms with E-state index >= 15 is 0 Å². The lowest BCUT2D eigenvalue weighted by atomic mass is 9.89. The molecule has 0 saturated heterocycles. The molecule has 0 amide bonds. The molecular formula is C10H16O2. The van der Waals surface area contributed by atoms with Gasteiger partial charge in [-0.15, -0.1) is 0 Å². The Hall–Kier alpha value is -0.660. The summed E-state index contributed by atoms with van der Waals surface area (Å²) in [5.74, 6) is 1.00. The van der Waals surface area contributed by atoms with Crippen LogP contribution in [0.25, 0.3) is 0 Å². The topological polar surface area (TPSA) is 34.1 Å². The van der Waals surface area contributed by atoms with Crippen molar-refractivity contribution in [3.63, 3.8) is 0 Å². The number of hydrogen-bond donors (Lipinski definition) is 0. The monoisotopic (exact) mass is 168 g/mol. The molecule has 0 bridgehead atoms. The largest absolute Gasteiger partial charge is 0.300 e. The summed E-state index contributed by atoms with van der Waals surface area (Å²) in [5.41, 5.74) is 0. The minimum absolute atomic E-state index is 0.175. The van der Waals surface area contributed by atoms with Crippen molar-refractivity contribution >= 4 is 11.6 Å². The lowest BCUT2D eigenvalue weighted by Crippen LogP contribution is -2.18. The molecule has 0 aromatic heterocycles. The smallest absolute Gasteiger partial charge is 0.133 e. The lowest BCUT2D eigenvalue weighted by Gasteiger charge is -2.14. The summed E-state index contributed by atoms with van der Waals surface area (Å²) >= 11 is 0. The highest BCUT2D eigenvalue weighted by molar-refractivity contribution is 5.81. The van der Waals surface area contributed by atoms with Crippen LogP contribution >= 0.6 is 0 Å². The van der Waals surface area contributed by atoms with Crippen LogP contribution in [-0.4, -0.2) is 11.6 Å². The zero-order chi connectivity index (χ0) is 9.14. The van der Waals surface area contributed by atoms with Crippen LogP contribution in [-0.2, 0) is 9.59 Å². The van der Waals surface area contributed by atoms with Crippen LogP contribution in [0.5, 0.6) is 0 Å². The second-order valence-corrected chi connectivity index (χ2v) is 3.81. The first-order valence-electron chi connectivity index (χ1n) is 4.61. The van der Waals surface area contributed by atoms with Gasteiger partial charge in [0.1, 0.15) is 11.6 Å². The first kappa shape index (κ1) is 9.43. The van der Waals surface area contributed by atoms with Gasteiger partial charge in [-0.2, -0.15) is 0 Å². The predicted octanol–water partition coefficient (Wildman–Crippen LogP) is 1.97. The zero-order valence-corrected chi connectivity index (χ0v) is 7.80. The van der Waals surface area contributed by atoms with Gasteiger partial charge in [-0.05, 0) is 32.6 Å². The SMILES string of the molecule is CC(=O)CC1CCC[C@@H]1C(C)=O. The Bertz CT molecular complexity index is 196. The van der Waals surface area contributed by atoms with Crippen molar-refractivity contribution in [3.8, 4) is 0 Å². The summed E-state index contributed by atoms with van der Waals surface area (Å²) in [4.78, 5) is 22.0. The maximum Gasteiger partial charge on any atom is 0.133 e. The summed E-state index contributed by atoms with van der Waals surface area (Å²) in [6.45, 7) is 3.25. The summed E-state index contributed by atoms with van der Waals surface area (Å²) < 4.78 is 0. The van der Waals surface area contributed by atoms with Crippen LogP contribution in [0.1, 0.15) is 39.5 Å². The summed E-state index contributed by atoms with van der Waals surface area (Å²) in [5, 5.41) is 0. The van der Waals surface area contributed by atoms with Gasteiger partial charge >= 0.3 is 0 Å². The number of Topliss-reactive ketones (excluding diaryl/α,β-unsaturated/α-hetero) is 2. The molecular weight excluding hydrogens is 152 g/mol. The summed E-state index contributed by atoms with van der Waals surface area (Å²) in [6, 6.07) is 0. The number of rotatable bonds is 3. The first-order chi connectivity index (χ1) is 5.61. The van der Waals surface area contributed by atoms with E-state index < -0.39 is 0 Å². The van der Waals surface area contributed by atoms with E-state index in [1.807, 2.05) is 0 Å². The van der Waals surface area contributed by atoms with E-state index in [0.717, 1.165) is 19.3 Å². The number of carbonyl (C=O) groups excluding carboxylic acids is 2. The normalized spacial score (nSPS) is 28.8. The molecule has 1 aliphatic carbocycles. The molecule has 1 unspecified atom stereocenters. The summed E-state index contributed by atoms with van der Waals surface area (Å²) in [6.07, 6.45) is 3.77. The third-order valence-corrected chi connectivity index (χ3v) is 2.73. The van der Waals surface area contributed by atoms with Crippen molar-refractivity contribution in [2.75, 3.05) is 0 Å². The Morgan fingerprint density at radius 3 is 2.42 bits per heavy atom. The van der Waals surface area contributed by atoms with Crippen LogP contribution in [0, 0.1) is 11.8 Å². The highest BCUT2D eigenvalue weighted by Gasteiger charge is 2.30. The molecule has 68 valence electrons. The fourth-order valence-electron chi connectivity index (χ4n) is 2.19. The van der Waals surface area contributed by atoms with Crippen LogP contribution in [0.2, 0.25) is 0 Å². The molecule has 0 N–H and O–H groups in total. The molecule has 0 aromatic rings. The molecule has 2 atom stereocenters. The Balaban J connectivity index is 2.52. The molecule has 0 spiro atoms. The van der Waals surface area contributed by atoms with Gasteiger partial charge in [0.15, 0.2) is 0 Å². The molecule has 1 rings (SSSR count). The first-order valence-corrected chi connectivity index (χ1v) is 4.61. The van der Waals surface area contributed by atoms with Gasteiger partial charge in [0.2, 0.25) is 0 Å². The maximum atomic E-state index is 11.1. The van der Waals surface area contributed by atoms with E-state index in [2.05, 4.69) is 0 Å². The lowest BCUT2D eigenvalue weighted by molar-refractivity contribution is -0.122. The van der Waals surface area contributed by atoms with Crippen molar-refractivity contribution in [2.45, 2.75) is 39.5 Å². The van der Waals surface area contributed by atoms with E-state index in [4.69, 9.17) is 0 Å². The molecule has 1 saturated carbocycles. The fourth-order valence-corrected chi connectivity index (χ4v) is 2.19. The third-order valence-electron chi connectivity index (χ3n) is 2.73. The predicted molar refractivity (Wildman–Crippen MR) is 46.8 cm³/mol. The molecule has 12 heavy (non-hydrogen) atoms. The highest BCUT2D eigenvalue weighted by Crippen LogP contribution is 2.34. The average Bonchev–Trinajstić information content (AvgIpc) is 2.33. The van der Waals surface area contributed by atoms with Crippen LogP contribution in [0.3, 0.4) is 0 Å². The van der Waals surface area contributed by atoms with Crippen LogP contribution in [0.15, 0.2) is 0 Å². The van der Waals surface area contributed by atoms with Gasteiger partial charge < -0.3 is 4.79 Å². The molecule has 0 aliphatic heterocycles. The number of ketones is 2. The second kappa shape index (κ2) is 3.83. The molecule has 1 aliphatic rings. The standard InChI is InChI=1S/C10H16O2/c1-7(11)6-9-4-3-5-10(9)8(2)12/h9-10H,3-6H2,1-2H3/t9?,10-/m1/s1. The van der Waals surface area contributed by atoms with Gasteiger partial charge in [-0.3, -0.25) is 4.79 Å². The van der Waals surface area contributed by atoms with E-state index in [1.165, 1.54) is 0 Å². The molecule has 2 heteroatoms. The van der Waals surface area contributed by atoms with Gasteiger partial charge in [-0.25, -0.2) is 0 Å². The average molecular weight is 168 g/mol. The van der Waals surface area contributed by atoms with E-state index in [0.29, 0.717) is 12.3 Å². The molecule has 2 nitrogen and oxygen atoms in total. The minimum Gasteiger partial charge on any atom is -0.300 e. The van der Waals surface area contributed by atoms with E-state index in [-0.39, 0.29) is 17.5 Å². The van der Waals surface area contributed by atoms with Crippen LogP contribution in [0.4, 0.5) is 0 Å². The molecule has 0 aromatic carbocycles. The minimum atomic E-state index is 0.175. The molecule has 0 radical (unpaired) electrons. The van der Waals surface area contributed by atoms with Crippen molar-refractivity contribution in [1.29, 1.82) is 0 Å². The Morgan fingerprint density at radius 1 is 1.25 bits per heavy atom. The van der Waals surface area contributed by atoms with E-state index in [9.17, 15) is 9.59 Å². The second-order valence-electron chi connectivity index (χ2n) is 3.81. The van der Waals surface area contributed by atoms with Crippen molar-refractivity contribution in [3.05, 3.63) is 0 Å². The van der Waals surface area contributed by atoms with Crippen molar-refractivity contribution in [2.24, 2.45) is 11.8 Å². The van der Waals surface area contributed by atoms with E-state index in [1.54, 1.807) is 13.8 Å². The van der Waals surface area contributed by atoms with Gasteiger partial charge in [-0.1, -0.05) is 6.42 Å². The number of hydrogen-bond acceptors (Lipinski definition) is 2. The Labute approximate surface area is 73.3 Å². The number of carbonyl (C=O) groups is 2. The van der Waals surface area contributed by atoms with Crippen molar-refractivity contribution in [1.82, 2.24) is 0 Å². The van der Waals surface area contributed by atoms with Gasteiger partial charge in [0, 0.05) is 12.3 Å².